The predicted molar refractivity (Wildman–Crippen MR) is 232 cm³/mol. The summed E-state index contributed by atoms with van der Waals surface area (Å²) in [6, 6.07) is 74.7. The van der Waals surface area contributed by atoms with Gasteiger partial charge in [0.2, 0.25) is 0 Å². The van der Waals surface area contributed by atoms with Crippen molar-refractivity contribution in [2.45, 2.75) is 0 Å². The predicted octanol–water partition coefficient (Wildman–Crippen LogP) is 12.9. The third-order valence-corrected chi connectivity index (χ3v) is 14.0. The van der Waals surface area contributed by atoms with Crippen molar-refractivity contribution in [3.8, 4) is 33.4 Å². The van der Waals surface area contributed by atoms with Crippen LogP contribution in [-0.2, 0) is 4.57 Å². The van der Waals surface area contributed by atoms with E-state index in [9.17, 15) is 0 Å². The molecular formula is C52H35OP. The summed E-state index contributed by atoms with van der Waals surface area (Å²) in [6.07, 6.45) is 0. The molecule has 0 spiro atoms. The average Bonchev–Trinajstić information content (AvgIpc) is 3.25. The average molecular weight is 707 g/mol. The Labute approximate surface area is 315 Å². The topological polar surface area (TPSA) is 17.1 Å². The Kier molecular flexibility index (Phi) is 7.83. The Balaban J connectivity index is 1.23. The monoisotopic (exact) mass is 706 g/mol. The fourth-order valence-corrected chi connectivity index (χ4v) is 11.1. The Hall–Kier alpha value is -6.53. The minimum Gasteiger partial charge on any atom is -0.309 e. The van der Waals surface area contributed by atoms with Crippen LogP contribution in [0.1, 0.15) is 0 Å². The molecule has 0 fully saturated rings. The first-order valence-corrected chi connectivity index (χ1v) is 20.2. The zero-order valence-electron chi connectivity index (χ0n) is 29.6. The molecule has 10 aromatic rings. The maximum atomic E-state index is 15.1. The van der Waals surface area contributed by atoms with Gasteiger partial charge in [-0.3, -0.25) is 0 Å². The zero-order valence-corrected chi connectivity index (χ0v) is 30.5. The summed E-state index contributed by atoms with van der Waals surface area (Å²) in [4.78, 5) is 0. The summed E-state index contributed by atoms with van der Waals surface area (Å²) >= 11 is 0. The van der Waals surface area contributed by atoms with Gasteiger partial charge in [-0.1, -0.05) is 206 Å². The van der Waals surface area contributed by atoms with E-state index < -0.39 is 7.14 Å². The van der Waals surface area contributed by atoms with Gasteiger partial charge in [-0.15, -0.1) is 0 Å². The Morgan fingerprint density at radius 2 is 0.667 bits per heavy atom. The van der Waals surface area contributed by atoms with Gasteiger partial charge in [0, 0.05) is 15.9 Å². The molecule has 10 aromatic carbocycles. The molecule has 254 valence electrons. The maximum Gasteiger partial charge on any atom is 0.171 e. The van der Waals surface area contributed by atoms with E-state index in [1.165, 1.54) is 65.3 Å². The number of hydrogen-bond acceptors (Lipinski definition) is 1. The number of benzene rings is 10. The normalized spacial score (nSPS) is 11.8. The summed E-state index contributed by atoms with van der Waals surface area (Å²) in [5.74, 6) is 0. The summed E-state index contributed by atoms with van der Waals surface area (Å²) in [6.45, 7) is 0. The third-order valence-electron chi connectivity index (χ3n) is 10.9. The van der Waals surface area contributed by atoms with Crippen molar-refractivity contribution in [2.75, 3.05) is 0 Å². The second-order valence-corrected chi connectivity index (χ2v) is 16.7. The molecule has 0 aromatic heterocycles. The lowest BCUT2D eigenvalue weighted by Crippen LogP contribution is -2.24. The SMILES string of the molecule is O=P(c1ccccc1)(c1ccccc1)c1ccc(-c2ccc3c(-c4cccc5ccccc45)c4ccccc4c(-c4cccc5ccccc45)c3c2)cc1. The van der Waals surface area contributed by atoms with Crippen LogP contribution < -0.4 is 15.9 Å². The second-order valence-electron chi connectivity index (χ2n) is 13.9. The van der Waals surface area contributed by atoms with Crippen molar-refractivity contribution in [3.63, 3.8) is 0 Å². The molecule has 0 aliphatic rings. The largest absolute Gasteiger partial charge is 0.309 e. The number of fused-ring (bicyclic) bond motifs is 4. The third kappa shape index (κ3) is 5.20. The highest BCUT2D eigenvalue weighted by atomic mass is 31.2. The first-order chi connectivity index (χ1) is 26.7. The Morgan fingerprint density at radius 1 is 0.278 bits per heavy atom. The van der Waals surface area contributed by atoms with Crippen molar-refractivity contribution in [2.24, 2.45) is 0 Å². The van der Waals surface area contributed by atoms with E-state index in [4.69, 9.17) is 0 Å². The highest BCUT2D eigenvalue weighted by Crippen LogP contribution is 2.48. The van der Waals surface area contributed by atoms with Crippen LogP contribution >= 0.6 is 7.14 Å². The van der Waals surface area contributed by atoms with Gasteiger partial charge >= 0.3 is 0 Å². The molecule has 1 nitrogen and oxygen atoms in total. The quantitative estimate of drug-likeness (QED) is 0.124. The molecule has 0 bridgehead atoms. The van der Waals surface area contributed by atoms with Gasteiger partial charge in [0.05, 0.1) is 0 Å². The lowest BCUT2D eigenvalue weighted by molar-refractivity contribution is 0.592. The fraction of sp³-hybridized carbons (Fsp3) is 0. The van der Waals surface area contributed by atoms with Crippen molar-refractivity contribution >= 4 is 66.1 Å². The van der Waals surface area contributed by atoms with E-state index >= 15 is 4.57 Å². The van der Waals surface area contributed by atoms with Gasteiger partial charge in [-0.25, -0.2) is 0 Å². The lowest BCUT2D eigenvalue weighted by Gasteiger charge is -2.21. The first kappa shape index (κ1) is 32.1. The molecule has 10 rings (SSSR count). The zero-order chi connectivity index (χ0) is 36.1. The highest BCUT2D eigenvalue weighted by Gasteiger charge is 2.29. The van der Waals surface area contributed by atoms with Crippen molar-refractivity contribution in [1.82, 2.24) is 0 Å². The molecule has 0 amide bonds. The van der Waals surface area contributed by atoms with Crippen LogP contribution in [0.15, 0.2) is 212 Å². The molecule has 0 radical (unpaired) electrons. The molecule has 0 unspecified atom stereocenters. The van der Waals surface area contributed by atoms with E-state index in [1.807, 2.05) is 60.7 Å². The molecule has 0 atom stereocenters. The standard InChI is InChI=1S/C52H35OP/c53-54(40-19-3-1-4-20-40,41-21-5-2-6-22-41)42-32-29-36(30-33-42)39-31-34-49-50(35-39)52(46-28-14-18-38-16-8-10-24-44(38)46)48-26-12-11-25-47(48)51(49)45-27-13-17-37-15-7-9-23-43(37)45/h1-35H. The van der Waals surface area contributed by atoms with Crippen LogP contribution in [0.2, 0.25) is 0 Å². The summed E-state index contributed by atoms with van der Waals surface area (Å²) < 4.78 is 15.1. The van der Waals surface area contributed by atoms with Crippen LogP contribution in [0.4, 0.5) is 0 Å². The number of hydrogen-bond donors (Lipinski definition) is 0. The van der Waals surface area contributed by atoms with Gasteiger partial charge in [-0.2, -0.15) is 0 Å². The molecule has 2 heteroatoms. The van der Waals surface area contributed by atoms with Crippen molar-refractivity contribution in [3.05, 3.63) is 212 Å². The smallest absolute Gasteiger partial charge is 0.171 e. The van der Waals surface area contributed by atoms with Gasteiger partial charge < -0.3 is 4.57 Å². The summed E-state index contributed by atoms with van der Waals surface area (Å²) in [5.41, 5.74) is 7.12. The number of rotatable bonds is 6. The van der Waals surface area contributed by atoms with Gasteiger partial charge in [0.15, 0.2) is 7.14 Å². The fourth-order valence-electron chi connectivity index (χ4n) is 8.41. The van der Waals surface area contributed by atoms with E-state index in [0.717, 1.165) is 27.0 Å². The molecular weight excluding hydrogens is 672 g/mol. The van der Waals surface area contributed by atoms with Crippen LogP contribution in [-0.4, -0.2) is 0 Å². The Bertz CT molecular complexity index is 3000. The van der Waals surface area contributed by atoms with Crippen LogP contribution in [0.5, 0.6) is 0 Å². The van der Waals surface area contributed by atoms with Gasteiger partial charge in [0.25, 0.3) is 0 Å². The first-order valence-electron chi connectivity index (χ1n) is 18.5. The molecule has 54 heavy (non-hydrogen) atoms. The second kappa shape index (κ2) is 13.2. The lowest BCUT2D eigenvalue weighted by atomic mass is 9.83. The summed E-state index contributed by atoms with van der Waals surface area (Å²) in [5, 5.41) is 12.3. The van der Waals surface area contributed by atoms with Crippen LogP contribution in [0, 0.1) is 0 Å². The maximum absolute atomic E-state index is 15.1. The van der Waals surface area contributed by atoms with Crippen molar-refractivity contribution < 1.29 is 4.57 Å². The van der Waals surface area contributed by atoms with E-state index in [0.29, 0.717) is 0 Å². The highest BCUT2D eigenvalue weighted by molar-refractivity contribution is 7.85. The van der Waals surface area contributed by atoms with Crippen LogP contribution in [0.3, 0.4) is 0 Å². The molecule has 0 aliphatic carbocycles. The molecule has 0 heterocycles. The molecule has 0 aliphatic heterocycles. The van der Waals surface area contributed by atoms with E-state index in [2.05, 4.69) is 152 Å². The molecule has 0 saturated carbocycles. The van der Waals surface area contributed by atoms with E-state index in [-0.39, 0.29) is 0 Å². The van der Waals surface area contributed by atoms with Crippen LogP contribution in [0.25, 0.3) is 76.5 Å². The minimum atomic E-state index is -3.09. The van der Waals surface area contributed by atoms with Crippen molar-refractivity contribution in [1.29, 1.82) is 0 Å². The molecule has 0 N–H and O–H groups in total. The van der Waals surface area contributed by atoms with E-state index in [1.54, 1.807) is 0 Å². The van der Waals surface area contributed by atoms with Gasteiger partial charge in [0.1, 0.15) is 0 Å². The summed E-state index contributed by atoms with van der Waals surface area (Å²) in [7, 11) is -3.09. The molecule has 0 saturated heterocycles. The Morgan fingerprint density at radius 3 is 1.20 bits per heavy atom. The van der Waals surface area contributed by atoms with Gasteiger partial charge in [-0.05, 0) is 82.5 Å². The minimum absolute atomic E-state index is 0.824.